The summed E-state index contributed by atoms with van der Waals surface area (Å²) in [7, 11) is 19.7. The van der Waals surface area contributed by atoms with Crippen molar-refractivity contribution >= 4 is 34.1 Å². The summed E-state index contributed by atoms with van der Waals surface area (Å²) in [6.07, 6.45) is 0. The smallest absolute Gasteiger partial charge is 0.172 e. The van der Waals surface area contributed by atoms with Crippen LogP contribution in [0.25, 0.3) is 0 Å². The predicted molar refractivity (Wildman–Crippen MR) is 112 cm³/mol. The van der Waals surface area contributed by atoms with Gasteiger partial charge in [0.25, 0.3) is 0 Å². The molecule has 0 radical (unpaired) electrons. The average Bonchev–Trinajstić information content (AvgIpc) is 3.53. The van der Waals surface area contributed by atoms with Crippen molar-refractivity contribution < 1.29 is 41.7 Å². The first-order chi connectivity index (χ1) is 12.8. The zero-order valence-electron chi connectivity index (χ0n) is 14.1. The summed E-state index contributed by atoms with van der Waals surface area (Å²) in [5.74, 6) is 0. The molecule has 0 saturated carbocycles. The van der Waals surface area contributed by atoms with Gasteiger partial charge in [0, 0.05) is 0 Å². The zero-order chi connectivity index (χ0) is 19.6. The van der Waals surface area contributed by atoms with Gasteiger partial charge in [-0.2, -0.15) is 72.8 Å². The Bertz CT molecular complexity index is 384. The molecule has 0 aliphatic heterocycles. The van der Waals surface area contributed by atoms with Gasteiger partial charge < -0.3 is 0 Å². The van der Waals surface area contributed by atoms with E-state index in [4.69, 9.17) is 34.1 Å². The minimum Gasteiger partial charge on any atom is -0.214 e. The van der Waals surface area contributed by atoms with Crippen molar-refractivity contribution in [1.82, 2.24) is 0 Å². The van der Waals surface area contributed by atoms with Crippen molar-refractivity contribution in [3.8, 4) is 0 Å². The Morgan fingerprint density at radius 2 is 0.462 bits per heavy atom. The van der Waals surface area contributed by atoms with E-state index in [0.29, 0.717) is 0 Å². The summed E-state index contributed by atoms with van der Waals surface area (Å²) in [5, 5.41) is 0. The predicted octanol–water partition coefficient (Wildman–Crippen LogP) is 8.38. The van der Waals surface area contributed by atoms with Gasteiger partial charge in [0.15, 0.2) is 0 Å². The van der Waals surface area contributed by atoms with E-state index in [2.05, 4.69) is 0 Å². The van der Waals surface area contributed by atoms with E-state index in [1.807, 2.05) is 121 Å². The maximum absolute atomic E-state index is 4.93. The topological polar surface area (TPSA) is 0 Å². The van der Waals surface area contributed by atoms with E-state index in [1.165, 1.54) is 0 Å². The number of rotatable bonds is 0. The second-order valence-electron chi connectivity index (χ2n) is 3.99. The van der Waals surface area contributed by atoms with Crippen LogP contribution < -0.4 is 0 Å². The fraction of sp³-hybridized carbons (Fsp3) is 0. The van der Waals surface area contributed by atoms with Crippen molar-refractivity contribution in [3.63, 3.8) is 0 Å². The molecule has 0 aliphatic rings. The van der Waals surface area contributed by atoms with Crippen LogP contribution in [0.5, 0.6) is 0 Å². The first-order valence-corrected chi connectivity index (χ1v) is 20.1. The van der Waals surface area contributed by atoms with Crippen LogP contribution in [0, 0.1) is 0 Å². The van der Waals surface area contributed by atoms with Gasteiger partial charge in [-0.1, -0.05) is 0 Å². The average molecular weight is 585 g/mol. The van der Waals surface area contributed by atoms with Gasteiger partial charge in [-0.25, -0.2) is 48.5 Å². The molecular formula is C20H20Cl4Zr2. The largest absolute Gasteiger partial charge is 0.214 e. The van der Waals surface area contributed by atoms with Crippen molar-refractivity contribution in [3.05, 3.63) is 121 Å². The van der Waals surface area contributed by atoms with Gasteiger partial charge in [0.2, 0.25) is 0 Å². The molecule has 4 aromatic carbocycles. The molecule has 26 heavy (non-hydrogen) atoms. The quantitative estimate of drug-likeness (QED) is 0.182. The van der Waals surface area contributed by atoms with E-state index in [0.717, 1.165) is 0 Å². The summed E-state index contributed by atoms with van der Waals surface area (Å²) in [4.78, 5) is 0. The van der Waals surface area contributed by atoms with Crippen molar-refractivity contribution in [2.24, 2.45) is 0 Å². The summed E-state index contributed by atoms with van der Waals surface area (Å²) in [5.41, 5.74) is 0. The minimum absolute atomic E-state index is 0.826. The Kier molecular flexibility index (Phi) is 33.0. The maximum Gasteiger partial charge on any atom is -0.172 e. The van der Waals surface area contributed by atoms with E-state index >= 15 is 0 Å². The van der Waals surface area contributed by atoms with Gasteiger partial charge >= 0.3 is 75.7 Å². The number of hydrogen-bond acceptors (Lipinski definition) is 0. The number of hydrogen-bond donors (Lipinski definition) is 0. The third kappa shape index (κ3) is 32.0. The Morgan fingerprint density at radius 3 is 0.500 bits per heavy atom. The van der Waals surface area contributed by atoms with Crippen LogP contribution >= 0.6 is 34.1 Å². The Balaban J connectivity index is 0. The zero-order valence-corrected chi connectivity index (χ0v) is 22.0. The molecule has 0 aliphatic carbocycles. The minimum atomic E-state index is -0.826. The Labute approximate surface area is 194 Å². The molecule has 0 bridgehead atoms. The summed E-state index contributed by atoms with van der Waals surface area (Å²) < 4.78 is 0. The molecule has 0 amide bonds. The summed E-state index contributed by atoms with van der Waals surface area (Å²) in [6.45, 7) is 0. The van der Waals surface area contributed by atoms with Crippen LogP contribution in [-0.2, 0) is 41.7 Å². The summed E-state index contributed by atoms with van der Waals surface area (Å²) in [6, 6.07) is 40.0. The molecule has 0 nitrogen and oxygen atoms in total. The molecule has 0 unspecified atom stereocenters. The molecule has 136 valence electrons. The van der Waals surface area contributed by atoms with Gasteiger partial charge in [0.05, 0.1) is 0 Å². The van der Waals surface area contributed by atoms with E-state index in [9.17, 15) is 0 Å². The van der Waals surface area contributed by atoms with Crippen molar-refractivity contribution in [1.29, 1.82) is 0 Å². The Hall–Kier alpha value is 0.326. The normalized spacial score (nSPS) is 6.92. The molecule has 0 heterocycles. The molecule has 0 aromatic heterocycles. The molecule has 4 aromatic rings. The van der Waals surface area contributed by atoms with E-state index < -0.39 is 41.7 Å². The van der Waals surface area contributed by atoms with Gasteiger partial charge in [-0.15, -0.1) is 0 Å². The SMILES string of the molecule is [Cl][Zr+2][Cl].[Cl][Zr+2][Cl].c1cc[cH-]c1.c1cc[cH-]c1.c1cc[cH-]c1.c1cc[cH-]c1. The van der Waals surface area contributed by atoms with E-state index in [1.54, 1.807) is 0 Å². The van der Waals surface area contributed by atoms with E-state index in [-0.39, 0.29) is 0 Å². The second kappa shape index (κ2) is 30.1. The van der Waals surface area contributed by atoms with Gasteiger partial charge in [0.1, 0.15) is 0 Å². The summed E-state index contributed by atoms with van der Waals surface area (Å²) >= 11 is -1.65. The monoisotopic (exact) mass is 580 g/mol. The molecule has 0 atom stereocenters. The molecule has 6 heteroatoms. The molecular weight excluding hydrogens is 564 g/mol. The second-order valence-corrected chi connectivity index (χ2v) is 11.5. The Morgan fingerprint density at radius 1 is 0.346 bits per heavy atom. The molecule has 0 spiro atoms. The van der Waals surface area contributed by atoms with Crippen LogP contribution in [0.2, 0.25) is 0 Å². The van der Waals surface area contributed by atoms with Crippen molar-refractivity contribution in [2.45, 2.75) is 0 Å². The van der Waals surface area contributed by atoms with Crippen LogP contribution in [0.4, 0.5) is 0 Å². The third-order valence-electron chi connectivity index (χ3n) is 2.22. The van der Waals surface area contributed by atoms with Crippen LogP contribution in [0.1, 0.15) is 0 Å². The van der Waals surface area contributed by atoms with Gasteiger partial charge in [-0.3, -0.25) is 0 Å². The van der Waals surface area contributed by atoms with Gasteiger partial charge in [-0.05, 0) is 0 Å². The molecule has 4 rings (SSSR count). The fourth-order valence-corrected chi connectivity index (χ4v) is 1.28. The number of halogens is 4. The van der Waals surface area contributed by atoms with Crippen molar-refractivity contribution in [2.75, 3.05) is 0 Å². The third-order valence-corrected chi connectivity index (χ3v) is 2.22. The molecule has 0 N–H and O–H groups in total. The molecule has 0 saturated heterocycles. The fourth-order valence-electron chi connectivity index (χ4n) is 1.28. The first kappa shape index (κ1) is 28.5. The van der Waals surface area contributed by atoms with Crippen LogP contribution in [-0.4, -0.2) is 0 Å². The maximum atomic E-state index is 4.93. The first-order valence-electron chi connectivity index (χ1n) is 7.42. The van der Waals surface area contributed by atoms with Crippen LogP contribution in [0.3, 0.4) is 0 Å². The molecule has 0 fully saturated rings. The standard InChI is InChI=1S/4C5H5.4ClH.2Zr/c4*1-2-4-5-3-1;;;;;;/h4*1-5H;4*1H;;/q4*-1;;;;;2*+4/p-4. The van der Waals surface area contributed by atoms with Crippen LogP contribution in [0.15, 0.2) is 121 Å².